The first kappa shape index (κ1) is 30.2. The van der Waals surface area contributed by atoms with Gasteiger partial charge in [0.05, 0.1) is 0 Å². The van der Waals surface area contributed by atoms with Crippen molar-refractivity contribution in [3.63, 3.8) is 0 Å². The highest BCUT2D eigenvalue weighted by Gasteiger charge is 2.19. The quantitative estimate of drug-likeness (QED) is 0.534. The first-order chi connectivity index (χ1) is 16.0. The van der Waals surface area contributed by atoms with E-state index >= 15 is 0 Å². The van der Waals surface area contributed by atoms with E-state index in [1.807, 2.05) is 37.5 Å². The van der Waals surface area contributed by atoms with Crippen LogP contribution in [0.1, 0.15) is 66.2 Å². The van der Waals surface area contributed by atoms with Gasteiger partial charge in [-0.1, -0.05) is 19.8 Å². The molecule has 0 atom stereocenters. The summed E-state index contributed by atoms with van der Waals surface area (Å²) >= 11 is 0. The average Bonchev–Trinajstić information content (AvgIpc) is 2.76. The molecule has 1 aliphatic rings. The monoisotopic (exact) mass is 483 g/mol. The summed E-state index contributed by atoms with van der Waals surface area (Å²) in [6, 6.07) is 0. The van der Waals surface area contributed by atoms with Gasteiger partial charge >= 0.3 is 6.09 Å². The molecule has 9 heteroatoms. The zero-order valence-corrected chi connectivity index (χ0v) is 22.5. The number of hydrogen-bond acceptors (Lipinski definition) is 6. The number of carbonyl (C=O) groups excluding carboxylic acids is 3. The Balaban J connectivity index is 2.44. The number of unbranched alkanes of at least 4 members (excludes halogenated alkanes) is 3. The summed E-state index contributed by atoms with van der Waals surface area (Å²) in [6.45, 7) is 14.1. The molecule has 0 aromatic rings. The lowest BCUT2D eigenvalue weighted by Crippen LogP contribution is -2.47. The van der Waals surface area contributed by atoms with Crippen LogP contribution in [-0.4, -0.2) is 116 Å². The highest BCUT2D eigenvalue weighted by molar-refractivity contribution is 5.77. The van der Waals surface area contributed by atoms with Crippen LogP contribution in [0.4, 0.5) is 4.79 Å². The Bertz CT molecular complexity index is 623. The molecule has 1 saturated heterocycles. The Morgan fingerprint density at radius 1 is 0.735 bits per heavy atom. The van der Waals surface area contributed by atoms with Crippen molar-refractivity contribution in [1.82, 2.24) is 24.9 Å². The predicted molar refractivity (Wildman–Crippen MR) is 136 cm³/mol. The van der Waals surface area contributed by atoms with Gasteiger partial charge < -0.3 is 29.7 Å². The van der Waals surface area contributed by atoms with Crippen LogP contribution in [0.2, 0.25) is 0 Å². The lowest BCUT2D eigenvalue weighted by Gasteiger charge is -2.32. The Morgan fingerprint density at radius 2 is 1.21 bits per heavy atom. The van der Waals surface area contributed by atoms with Crippen molar-refractivity contribution < 1.29 is 19.1 Å². The molecule has 0 aromatic heterocycles. The average molecular weight is 484 g/mol. The summed E-state index contributed by atoms with van der Waals surface area (Å²) in [7, 11) is 4.19. The summed E-state index contributed by atoms with van der Waals surface area (Å²) in [6.07, 6.45) is 4.23. The van der Waals surface area contributed by atoms with Crippen LogP contribution in [-0.2, 0) is 14.3 Å². The van der Waals surface area contributed by atoms with E-state index in [0.29, 0.717) is 45.6 Å². The number of likely N-dealkylation sites (N-methyl/N-ethyl adjacent to an activating group) is 2. The van der Waals surface area contributed by atoms with Gasteiger partial charge in [0.25, 0.3) is 0 Å². The second-order valence-corrected chi connectivity index (χ2v) is 10.3. The molecule has 198 valence electrons. The van der Waals surface area contributed by atoms with Crippen LogP contribution in [0.3, 0.4) is 0 Å². The predicted octanol–water partition coefficient (Wildman–Crippen LogP) is 2.41. The van der Waals surface area contributed by atoms with Gasteiger partial charge in [0, 0.05) is 71.7 Å². The molecule has 0 spiro atoms. The van der Waals surface area contributed by atoms with Crippen molar-refractivity contribution in [1.29, 1.82) is 0 Å². The molecule has 1 rings (SSSR count). The first-order valence-electron chi connectivity index (χ1n) is 12.9. The third-order valence-electron chi connectivity index (χ3n) is 6.00. The number of carbonyl (C=O) groups is 3. The molecular formula is C25H49N5O4. The summed E-state index contributed by atoms with van der Waals surface area (Å²) < 4.78 is 5.23. The van der Waals surface area contributed by atoms with Gasteiger partial charge in [0.1, 0.15) is 5.60 Å². The molecule has 0 bridgehead atoms. The number of amides is 3. The zero-order chi connectivity index (χ0) is 25.6. The van der Waals surface area contributed by atoms with Crippen LogP contribution in [0, 0.1) is 0 Å². The van der Waals surface area contributed by atoms with Crippen LogP contribution in [0.5, 0.6) is 0 Å². The standard InChI is InChI=1S/C25H49N5O4/c1-7-22(31)29-18-16-27(5)14-15-28(6)17-19-30(21-20-29)23(32)12-10-8-9-11-13-26-24(33)34-25(2,3)4/h7-21H2,1-6H3,(H,26,33). The van der Waals surface area contributed by atoms with Gasteiger partial charge in [-0.15, -0.1) is 0 Å². The zero-order valence-electron chi connectivity index (χ0n) is 22.5. The first-order valence-corrected chi connectivity index (χ1v) is 12.9. The maximum Gasteiger partial charge on any atom is 0.407 e. The van der Waals surface area contributed by atoms with Crippen molar-refractivity contribution in [3.05, 3.63) is 0 Å². The van der Waals surface area contributed by atoms with E-state index in [4.69, 9.17) is 4.74 Å². The molecule has 0 unspecified atom stereocenters. The second-order valence-electron chi connectivity index (χ2n) is 10.3. The van der Waals surface area contributed by atoms with Gasteiger partial charge in [0.2, 0.25) is 11.8 Å². The Morgan fingerprint density at radius 3 is 1.74 bits per heavy atom. The van der Waals surface area contributed by atoms with Crippen LogP contribution in [0.15, 0.2) is 0 Å². The highest BCUT2D eigenvalue weighted by atomic mass is 16.6. The van der Waals surface area contributed by atoms with Crippen LogP contribution >= 0.6 is 0 Å². The number of hydrogen-bond donors (Lipinski definition) is 1. The van der Waals surface area contributed by atoms with Gasteiger partial charge in [-0.05, 0) is 47.7 Å². The molecular weight excluding hydrogens is 434 g/mol. The smallest absolute Gasteiger partial charge is 0.407 e. The minimum Gasteiger partial charge on any atom is -0.444 e. The van der Waals surface area contributed by atoms with Crippen molar-refractivity contribution in [2.45, 2.75) is 71.8 Å². The van der Waals surface area contributed by atoms with E-state index in [2.05, 4.69) is 29.2 Å². The lowest BCUT2D eigenvalue weighted by atomic mass is 10.1. The fourth-order valence-electron chi connectivity index (χ4n) is 3.75. The number of nitrogens with one attached hydrogen (secondary N) is 1. The normalized spacial score (nSPS) is 17.6. The SMILES string of the molecule is CCC(=O)N1CCN(C)CCN(C)CCN(C(=O)CCCCCCNC(=O)OC(C)(C)C)CC1. The molecule has 1 N–H and O–H groups in total. The Labute approximate surface area is 207 Å². The van der Waals surface area contributed by atoms with Crippen molar-refractivity contribution in [2.75, 3.05) is 73.0 Å². The van der Waals surface area contributed by atoms with Gasteiger partial charge in [0.15, 0.2) is 0 Å². The topological polar surface area (TPSA) is 85.4 Å². The second kappa shape index (κ2) is 15.9. The largest absolute Gasteiger partial charge is 0.444 e. The fraction of sp³-hybridized carbons (Fsp3) is 0.880. The number of nitrogens with zero attached hydrogens (tertiary/aromatic N) is 4. The fourth-order valence-corrected chi connectivity index (χ4v) is 3.75. The van der Waals surface area contributed by atoms with E-state index in [-0.39, 0.29) is 17.9 Å². The van der Waals surface area contributed by atoms with E-state index in [1.54, 1.807) is 0 Å². The molecule has 0 aromatic carbocycles. The molecule has 9 nitrogen and oxygen atoms in total. The van der Waals surface area contributed by atoms with Crippen LogP contribution < -0.4 is 5.32 Å². The number of rotatable bonds is 8. The molecule has 0 aliphatic carbocycles. The number of ether oxygens (including phenoxy) is 1. The molecule has 3 amide bonds. The van der Waals surface area contributed by atoms with Crippen molar-refractivity contribution >= 4 is 17.9 Å². The van der Waals surface area contributed by atoms with Crippen molar-refractivity contribution in [2.24, 2.45) is 0 Å². The Kier molecular flexibility index (Phi) is 14.1. The van der Waals surface area contributed by atoms with E-state index in [1.165, 1.54) is 0 Å². The molecule has 1 heterocycles. The summed E-state index contributed by atoms with van der Waals surface area (Å²) in [5.41, 5.74) is -0.487. The Hall–Kier alpha value is -1.87. The maximum absolute atomic E-state index is 13.0. The van der Waals surface area contributed by atoms with Gasteiger partial charge in [-0.25, -0.2) is 4.79 Å². The third kappa shape index (κ3) is 13.7. The molecule has 0 saturated carbocycles. The summed E-state index contributed by atoms with van der Waals surface area (Å²) in [4.78, 5) is 45.4. The minimum atomic E-state index is -0.487. The summed E-state index contributed by atoms with van der Waals surface area (Å²) in [5.74, 6) is 0.313. The van der Waals surface area contributed by atoms with E-state index in [9.17, 15) is 14.4 Å². The maximum atomic E-state index is 13.0. The minimum absolute atomic E-state index is 0.148. The molecule has 0 radical (unpaired) electrons. The highest BCUT2D eigenvalue weighted by Crippen LogP contribution is 2.09. The number of alkyl carbamates (subject to hydrolysis) is 1. The van der Waals surface area contributed by atoms with Crippen LogP contribution in [0.25, 0.3) is 0 Å². The van der Waals surface area contributed by atoms with E-state index < -0.39 is 5.60 Å². The third-order valence-corrected chi connectivity index (χ3v) is 6.00. The lowest BCUT2D eigenvalue weighted by molar-refractivity contribution is -0.135. The van der Waals surface area contributed by atoms with Gasteiger partial charge in [-0.2, -0.15) is 0 Å². The van der Waals surface area contributed by atoms with Gasteiger partial charge in [-0.3, -0.25) is 9.59 Å². The van der Waals surface area contributed by atoms with Crippen molar-refractivity contribution in [3.8, 4) is 0 Å². The summed E-state index contributed by atoms with van der Waals surface area (Å²) in [5, 5.41) is 2.77. The van der Waals surface area contributed by atoms with E-state index in [0.717, 1.165) is 51.9 Å². The molecule has 34 heavy (non-hydrogen) atoms. The molecule has 1 aliphatic heterocycles. The molecule has 1 fully saturated rings.